The van der Waals surface area contributed by atoms with Crippen LogP contribution in [0.4, 0.5) is 0 Å². The highest BCUT2D eigenvalue weighted by Crippen LogP contribution is 2.20. The third kappa shape index (κ3) is 5.77. The van der Waals surface area contributed by atoms with E-state index in [0.29, 0.717) is 20.6 Å². The first-order valence-electron chi connectivity index (χ1n) is 9.15. The summed E-state index contributed by atoms with van der Waals surface area (Å²) in [4.78, 5) is 37.1. The third-order valence-corrected chi connectivity index (χ3v) is 5.71. The number of rotatable bonds is 7. The van der Waals surface area contributed by atoms with Gasteiger partial charge in [-0.05, 0) is 76.4 Å². The Hall–Kier alpha value is -3.57. The predicted octanol–water partition coefficient (Wildman–Crippen LogP) is 3.10. The van der Waals surface area contributed by atoms with E-state index < -0.39 is 11.9 Å². The van der Waals surface area contributed by atoms with E-state index in [-0.39, 0.29) is 29.5 Å². The Balaban J connectivity index is 1.71. The molecule has 2 aromatic carbocycles. The van der Waals surface area contributed by atoms with Crippen LogP contribution in [0.15, 0.2) is 52.6 Å². The van der Waals surface area contributed by atoms with Crippen molar-refractivity contribution in [2.45, 2.75) is 13.5 Å². The number of hydrogen-bond acceptors (Lipinski definition) is 7. The van der Waals surface area contributed by atoms with E-state index in [1.807, 2.05) is 0 Å². The minimum atomic E-state index is -1.31. The summed E-state index contributed by atoms with van der Waals surface area (Å²) >= 11 is 4.27. The second kappa shape index (κ2) is 10.2. The van der Waals surface area contributed by atoms with E-state index in [4.69, 9.17) is 0 Å². The number of benzene rings is 2. The molecule has 0 spiro atoms. The van der Waals surface area contributed by atoms with E-state index in [9.17, 15) is 24.6 Å². The van der Waals surface area contributed by atoms with Gasteiger partial charge in [0.2, 0.25) is 0 Å². The van der Waals surface area contributed by atoms with Crippen LogP contribution in [0.1, 0.15) is 36.9 Å². The van der Waals surface area contributed by atoms with Crippen molar-refractivity contribution in [3.63, 3.8) is 0 Å². The quantitative estimate of drug-likeness (QED) is 0.353. The minimum absolute atomic E-state index is 0.103. The zero-order chi connectivity index (χ0) is 23.3. The van der Waals surface area contributed by atoms with Crippen LogP contribution in [0.3, 0.4) is 0 Å². The molecule has 9 nitrogen and oxygen atoms in total. The van der Waals surface area contributed by atoms with Crippen molar-refractivity contribution in [3.05, 3.63) is 79.9 Å². The Labute approximate surface area is 195 Å². The number of aromatic hydroxyl groups is 1. The lowest BCUT2D eigenvalue weighted by molar-refractivity contribution is -0.132. The summed E-state index contributed by atoms with van der Waals surface area (Å²) in [6.07, 6.45) is 1.29. The molecule has 0 radical (unpaired) electrons. The number of aryl methyl sites for hydroxylation is 1. The van der Waals surface area contributed by atoms with Gasteiger partial charge in [-0.25, -0.2) is 4.79 Å². The normalized spacial score (nSPS) is 11.1. The maximum atomic E-state index is 12.6. The molecule has 0 unspecified atom stereocenters. The molecule has 3 rings (SSSR count). The number of amides is 2. The van der Waals surface area contributed by atoms with E-state index in [1.165, 1.54) is 30.3 Å². The molecule has 0 fully saturated rings. The van der Waals surface area contributed by atoms with Gasteiger partial charge in [-0.15, -0.1) is 5.10 Å². The van der Waals surface area contributed by atoms with Gasteiger partial charge in [-0.3, -0.25) is 9.59 Å². The minimum Gasteiger partial charge on any atom is -0.508 e. The van der Waals surface area contributed by atoms with Gasteiger partial charge < -0.3 is 20.8 Å². The molecule has 1 heterocycles. The van der Waals surface area contributed by atoms with Crippen molar-refractivity contribution >= 4 is 51.3 Å². The van der Waals surface area contributed by atoms with Crippen LogP contribution < -0.4 is 10.6 Å². The van der Waals surface area contributed by atoms with E-state index in [0.717, 1.165) is 17.1 Å². The van der Waals surface area contributed by atoms with Gasteiger partial charge in [-0.1, -0.05) is 16.6 Å². The van der Waals surface area contributed by atoms with Crippen molar-refractivity contribution < 1.29 is 24.6 Å². The smallest absolute Gasteiger partial charge is 0.352 e. The molecule has 0 saturated carbocycles. The van der Waals surface area contributed by atoms with Crippen LogP contribution in [0.2, 0.25) is 0 Å². The molecule has 2 amide bonds. The predicted molar refractivity (Wildman–Crippen MR) is 121 cm³/mol. The molecule has 0 saturated heterocycles. The lowest BCUT2D eigenvalue weighted by Gasteiger charge is -2.10. The van der Waals surface area contributed by atoms with Gasteiger partial charge in [0.25, 0.3) is 11.8 Å². The van der Waals surface area contributed by atoms with Gasteiger partial charge in [0.15, 0.2) is 0 Å². The standard InChI is InChI=1S/C21H17BrN4O5S/c1-11-18(32-26-25-11)9-17(21(30)31)24-20(29)15-6-5-13(8-16(15)22)19(28)23-10-12-3-2-4-14(27)7-12/h2-9,27H,10H2,1H3,(H,23,28)(H,24,29)(H,30,31). The Kier molecular flexibility index (Phi) is 7.33. The number of carboxylic acid groups (broad SMARTS) is 1. The first-order chi connectivity index (χ1) is 15.2. The summed E-state index contributed by atoms with van der Waals surface area (Å²) in [6.45, 7) is 1.89. The molecule has 11 heteroatoms. The number of aromatic nitrogens is 2. The fourth-order valence-corrected chi connectivity index (χ4v) is 3.79. The van der Waals surface area contributed by atoms with Crippen molar-refractivity contribution in [2.75, 3.05) is 0 Å². The van der Waals surface area contributed by atoms with Gasteiger partial charge >= 0.3 is 5.97 Å². The first kappa shape index (κ1) is 23.1. The molecular weight excluding hydrogens is 500 g/mol. The SMILES string of the molecule is Cc1nnsc1C=C(NC(=O)c1ccc(C(=O)NCc2cccc(O)c2)cc1Br)C(=O)O. The molecule has 0 aliphatic heterocycles. The summed E-state index contributed by atoms with van der Waals surface area (Å²) < 4.78 is 4.05. The second-order valence-corrected chi connectivity index (χ2v) is 8.23. The molecular formula is C21H17BrN4O5S. The van der Waals surface area contributed by atoms with Crippen molar-refractivity contribution in [1.29, 1.82) is 0 Å². The summed E-state index contributed by atoms with van der Waals surface area (Å²) in [5, 5.41) is 27.8. The van der Waals surface area contributed by atoms with Gasteiger partial charge in [-0.2, -0.15) is 0 Å². The van der Waals surface area contributed by atoms with E-state index >= 15 is 0 Å². The highest BCUT2D eigenvalue weighted by Gasteiger charge is 2.18. The zero-order valence-electron chi connectivity index (χ0n) is 16.6. The van der Waals surface area contributed by atoms with E-state index in [2.05, 4.69) is 36.2 Å². The number of nitrogens with zero attached hydrogens (tertiary/aromatic N) is 2. The maximum Gasteiger partial charge on any atom is 0.352 e. The first-order valence-corrected chi connectivity index (χ1v) is 10.7. The van der Waals surface area contributed by atoms with Crippen LogP contribution in [0.5, 0.6) is 5.75 Å². The van der Waals surface area contributed by atoms with E-state index in [1.54, 1.807) is 25.1 Å². The zero-order valence-corrected chi connectivity index (χ0v) is 19.0. The van der Waals surface area contributed by atoms with Gasteiger partial charge in [0.1, 0.15) is 11.4 Å². The molecule has 0 bridgehead atoms. The molecule has 0 atom stereocenters. The Morgan fingerprint density at radius 3 is 2.56 bits per heavy atom. The fraction of sp³-hybridized carbons (Fsp3) is 0.0952. The molecule has 0 aliphatic carbocycles. The number of carbonyl (C=O) groups is 3. The Morgan fingerprint density at radius 1 is 1.16 bits per heavy atom. The fourth-order valence-electron chi connectivity index (χ4n) is 2.64. The molecule has 0 aliphatic rings. The highest BCUT2D eigenvalue weighted by molar-refractivity contribution is 9.10. The molecule has 164 valence electrons. The number of nitrogens with one attached hydrogen (secondary N) is 2. The second-order valence-electron chi connectivity index (χ2n) is 6.59. The monoisotopic (exact) mass is 516 g/mol. The maximum absolute atomic E-state index is 12.6. The molecule has 1 aromatic heterocycles. The number of carbonyl (C=O) groups excluding carboxylic acids is 2. The number of halogens is 1. The number of phenolic OH excluding ortho intramolecular Hbond substituents is 1. The highest BCUT2D eigenvalue weighted by atomic mass is 79.9. The summed E-state index contributed by atoms with van der Waals surface area (Å²) in [7, 11) is 0. The lowest BCUT2D eigenvalue weighted by Crippen LogP contribution is -2.28. The van der Waals surface area contributed by atoms with Crippen molar-refractivity contribution in [2.24, 2.45) is 0 Å². The molecule has 4 N–H and O–H groups in total. The van der Waals surface area contributed by atoms with Crippen LogP contribution >= 0.6 is 27.5 Å². The average molecular weight is 517 g/mol. The number of hydrogen-bond donors (Lipinski definition) is 4. The Morgan fingerprint density at radius 2 is 1.94 bits per heavy atom. The number of aliphatic carboxylic acids is 1. The topological polar surface area (TPSA) is 142 Å². The van der Waals surface area contributed by atoms with Crippen molar-refractivity contribution in [3.8, 4) is 5.75 Å². The molecule has 32 heavy (non-hydrogen) atoms. The third-order valence-electron chi connectivity index (χ3n) is 4.28. The number of carboxylic acids is 1. The molecule has 3 aromatic rings. The van der Waals surface area contributed by atoms with Gasteiger partial charge in [0, 0.05) is 16.6 Å². The van der Waals surface area contributed by atoms with Crippen molar-refractivity contribution in [1.82, 2.24) is 20.2 Å². The summed E-state index contributed by atoms with van der Waals surface area (Å²) in [5.74, 6) is -2.25. The summed E-state index contributed by atoms with van der Waals surface area (Å²) in [5.41, 5.74) is 1.40. The van der Waals surface area contributed by atoms with Gasteiger partial charge in [0.05, 0.1) is 16.1 Å². The average Bonchev–Trinajstić information content (AvgIpc) is 3.15. The van der Waals surface area contributed by atoms with Crippen LogP contribution in [0.25, 0.3) is 6.08 Å². The van der Waals surface area contributed by atoms with Crippen LogP contribution in [-0.2, 0) is 11.3 Å². The largest absolute Gasteiger partial charge is 0.508 e. The number of phenols is 1. The lowest BCUT2D eigenvalue weighted by atomic mass is 10.1. The summed E-state index contributed by atoms with van der Waals surface area (Å²) in [6, 6.07) is 10.9. The van der Waals surface area contributed by atoms with Crippen LogP contribution in [-0.4, -0.2) is 37.6 Å². The Bertz CT molecular complexity index is 1220. The van der Waals surface area contributed by atoms with Crippen LogP contribution in [0, 0.1) is 6.92 Å².